The summed E-state index contributed by atoms with van der Waals surface area (Å²) in [6.45, 7) is 1.68. The van der Waals surface area contributed by atoms with Gasteiger partial charge in [-0.15, -0.1) is 0 Å². The van der Waals surface area contributed by atoms with Gasteiger partial charge in [0.15, 0.2) is 28.9 Å². The summed E-state index contributed by atoms with van der Waals surface area (Å²) in [5, 5.41) is 2.40. The third kappa shape index (κ3) is 2.41. The lowest BCUT2D eigenvalue weighted by Gasteiger charge is -2.06. The van der Waals surface area contributed by atoms with E-state index in [-0.39, 0.29) is 0 Å². The van der Waals surface area contributed by atoms with E-state index in [4.69, 9.17) is 4.42 Å². The summed E-state index contributed by atoms with van der Waals surface area (Å²) in [5.74, 6) is -5.00. The van der Waals surface area contributed by atoms with Gasteiger partial charge >= 0.3 is 0 Å². The maximum Gasteiger partial charge on any atom is 0.258 e. The van der Waals surface area contributed by atoms with Gasteiger partial charge in [0.25, 0.3) is 5.91 Å². The van der Waals surface area contributed by atoms with E-state index in [1.54, 1.807) is 13.0 Å². The molecule has 0 aliphatic heterocycles. The minimum Gasteiger partial charge on any atom is -0.441 e. The summed E-state index contributed by atoms with van der Waals surface area (Å²) >= 11 is 0. The summed E-state index contributed by atoms with van der Waals surface area (Å²) < 4.78 is 44.9. The zero-order valence-electron chi connectivity index (χ0n) is 11.3. The number of aromatic nitrogens is 1. The molecule has 0 fully saturated rings. The van der Waals surface area contributed by atoms with Gasteiger partial charge in [-0.1, -0.05) is 0 Å². The summed E-state index contributed by atoms with van der Waals surface area (Å²) in [7, 11) is 0. The maximum atomic E-state index is 13.6. The van der Waals surface area contributed by atoms with E-state index in [1.807, 2.05) is 0 Å². The van der Waals surface area contributed by atoms with E-state index in [2.05, 4.69) is 10.3 Å². The Balaban J connectivity index is 1.91. The lowest BCUT2D eigenvalue weighted by atomic mass is 10.1. The molecule has 0 saturated carbocycles. The second kappa shape index (κ2) is 5.18. The zero-order valence-corrected chi connectivity index (χ0v) is 11.3. The molecular formula is C15H9F3N2O2. The van der Waals surface area contributed by atoms with Crippen LogP contribution in [-0.2, 0) is 0 Å². The number of nitrogens with zero attached hydrogens (tertiary/aromatic N) is 1. The first-order valence-corrected chi connectivity index (χ1v) is 6.28. The number of nitrogens with one attached hydrogen (secondary N) is 1. The molecule has 4 nitrogen and oxygen atoms in total. The molecule has 112 valence electrons. The maximum absolute atomic E-state index is 13.6. The molecule has 1 aromatic heterocycles. The second-order valence-electron chi connectivity index (χ2n) is 4.59. The summed E-state index contributed by atoms with van der Waals surface area (Å²) in [6, 6.07) is 6.22. The van der Waals surface area contributed by atoms with Gasteiger partial charge in [0.1, 0.15) is 5.52 Å². The Morgan fingerprint density at radius 2 is 1.91 bits per heavy atom. The van der Waals surface area contributed by atoms with Crippen LogP contribution in [0.2, 0.25) is 0 Å². The number of carbonyl (C=O) groups excluding carboxylic acids is 1. The minimum atomic E-state index is -1.68. The monoisotopic (exact) mass is 306 g/mol. The van der Waals surface area contributed by atoms with Gasteiger partial charge in [-0.3, -0.25) is 4.79 Å². The SMILES string of the molecule is Cc1nc2cc(NC(=O)c3ccc(F)c(F)c3F)ccc2o1. The third-order valence-corrected chi connectivity index (χ3v) is 3.03. The number of halogens is 3. The quantitative estimate of drug-likeness (QED) is 0.733. The normalized spacial score (nSPS) is 10.9. The molecule has 0 bridgehead atoms. The molecule has 3 aromatic rings. The first-order chi connectivity index (χ1) is 10.5. The number of aryl methyl sites for hydroxylation is 1. The van der Waals surface area contributed by atoms with Crippen LogP contribution in [-0.4, -0.2) is 10.9 Å². The fourth-order valence-corrected chi connectivity index (χ4v) is 2.02. The first kappa shape index (κ1) is 14.1. The molecule has 7 heteroatoms. The highest BCUT2D eigenvalue weighted by Gasteiger charge is 2.19. The number of amides is 1. The third-order valence-electron chi connectivity index (χ3n) is 3.03. The average molecular weight is 306 g/mol. The van der Waals surface area contributed by atoms with E-state index in [0.29, 0.717) is 28.7 Å². The van der Waals surface area contributed by atoms with Gasteiger partial charge in [0, 0.05) is 12.6 Å². The number of hydrogen-bond acceptors (Lipinski definition) is 3. The van der Waals surface area contributed by atoms with Gasteiger partial charge in [0.05, 0.1) is 5.56 Å². The van der Waals surface area contributed by atoms with Crippen molar-refractivity contribution < 1.29 is 22.4 Å². The van der Waals surface area contributed by atoms with E-state index in [1.165, 1.54) is 12.1 Å². The summed E-state index contributed by atoms with van der Waals surface area (Å²) in [4.78, 5) is 16.1. The second-order valence-corrected chi connectivity index (χ2v) is 4.59. The van der Waals surface area contributed by atoms with Crippen molar-refractivity contribution in [2.45, 2.75) is 6.92 Å². The number of hydrogen-bond donors (Lipinski definition) is 1. The van der Waals surface area contributed by atoms with Crippen LogP contribution in [0.25, 0.3) is 11.1 Å². The van der Waals surface area contributed by atoms with Crippen molar-refractivity contribution in [1.29, 1.82) is 0 Å². The Morgan fingerprint density at radius 3 is 2.68 bits per heavy atom. The highest BCUT2D eigenvalue weighted by Crippen LogP contribution is 2.21. The van der Waals surface area contributed by atoms with E-state index in [0.717, 1.165) is 6.07 Å². The van der Waals surface area contributed by atoms with Crippen LogP contribution in [0.5, 0.6) is 0 Å². The van der Waals surface area contributed by atoms with E-state index >= 15 is 0 Å². The van der Waals surface area contributed by atoms with Gasteiger partial charge in [-0.05, 0) is 30.3 Å². The molecule has 1 heterocycles. The Labute approximate surface area is 122 Å². The summed E-state index contributed by atoms with van der Waals surface area (Å²) in [5.41, 5.74) is 0.792. The van der Waals surface area contributed by atoms with Crippen LogP contribution in [0.1, 0.15) is 16.2 Å². The molecule has 1 N–H and O–H groups in total. The van der Waals surface area contributed by atoms with Crippen LogP contribution in [0.4, 0.5) is 18.9 Å². The van der Waals surface area contributed by atoms with Crippen molar-refractivity contribution in [1.82, 2.24) is 4.98 Å². The van der Waals surface area contributed by atoms with Crippen LogP contribution in [0.15, 0.2) is 34.7 Å². The number of anilines is 1. The highest BCUT2D eigenvalue weighted by molar-refractivity contribution is 6.05. The Hall–Kier alpha value is -2.83. The van der Waals surface area contributed by atoms with Gasteiger partial charge < -0.3 is 9.73 Å². The Bertz CT molecular complexity index is 890. The topological polar surface area (TPSA) is 55.1 Å². The fourth-order valence-electron chi connectivity index (χ4n) is 2.02. The van der Waals surface area contributed by atoms with Crippen molar-refractivity contribution in [3.8, 4) is 0 Å². The minimum absolute atomic E-state index is 0.329. The summed E-state index contributed by atoms with van der Waals surface area (Å²) in [6.07, 6.45) is 0. The molecule has 0 aliphatic carbocycles. The number of benzene rings is 2. The zero-order chi connectivity index (χ0) is 15.9. The van der Waals surface area contributed by atoms with Gasteiger partial charge in [0.2, 0.25) is 0 Å². The van der Waals surface area contributed by atoms with Crippen molar-refractivity contribution in [2.75, 3.05) is 5.32 Å². The molecular weight excluding hydrogens is 297 g/mol. The molecule has 0 spiro atoms. The van der Waals surface area contributed by atoms with Gasteiger partial charge in [-0.2, -0.15) is 0 Å². The number of carbonyl (C=O) groups is 1. The lowest BCUT2D eigenvalue weighted by Crippen LogP contribution is -2.15. The van der Waals surface area contributed by atoms with E-state index < -0.39 is 28.9 Å². The standard InChI is InChI=1S/C15H9F3N2O2/c1-7-19-11-6-8(2-5-12(11)22-7)20-15(21)9-3-4-10(16)14(18)13(9)17/h2-6H,1H3,(H,20,21). The largest absolute Gasteiger partial charge is 0.441 e. The molecule has 0 unspecified atom stereocenters. The van der Waals surface area contributed by atoms with Crippen LogP contribution in [0, 0.1) is 24.4 Å². The van der Waals surface area contributed by atoms with Crippen LogP contribution < -0.4 is 5.32 Å². The molecule has 3 rings (SSSR count). The Morgan fingerprint density at radius 1 is 1.14 bits per heavy atom. The molecule has 22 heavy (non-hydrogen) atoms. The molecule has 0 saturated heterocycles. The van der Waals surface area contributed by atoms with E-state index in [9.17, 15) is 18.0 Å². The molecule has 0 atom stereocenters. The molecule has 0 aliphatic rings. The average Bonchev–Trinajstić information content (AvgIpc) is 2.84. The number of oxazole rings is 1. The van der Waals surface area contributed by atoms with Crippen molar-refractivity contribution >= 4 is 22.7 Å². The van der Waals surface area contributed by atoms with Crippen molar-refractivity contribution in [3.05, 3.63) is 59.2 Å². The smallest absolute Gasteiger partial charge is 0.258 e. The van der Waals surface area contributed by atoms with Crippen LogP contribution in [0.3, 0.4) is 0 Å². The predicted octanol–water partition coefficient (Wildman–Crippen LogP) is 3.81. The number of rotatable bonds is 2. The lowest BCUT2D eigenvalue weighted by molar-refractivity contribution is 0.102. The number of fused-ring (bicyclic) bond motifs is 1. The van der Waals surface area contributed by atoms with Crippen molar-refractivity contribution in [3.63, 3.8) is 0 Å². The van der Waals surface area contributed by atoms with Crippen LogP contribution >= 0.6 is 0 Å². The fraction of sp³-hybridized carbons (Fsp3) is 0.0667. The van der Waals surface area contributed by atoms with Gasteiger partial charge in [-0.25, -0.2) is 18.2 Å². The predicted molar refractivity (Wildman–Crippen MR) is 73.0 cm³/mol. The molecule has 0 radical (unpaired) electrons. The molecule has 2 aromatic carbocycles. The van der Waals surface area contributed by atoms with Crippen molar-refractivity contribution in [2.24, 2.45) is 0 Å². The first-order valence-electron chi connectivity index (χ1n) is 6.28. The molecule has 1 amide bonds. The Kier molecular flexibility index (Phi) is 3.32. The highest BCUT2D eigenvalue weighted by atomic mass is 19.2.